The Balaban J connectivity index is 1.18. The normalized spacial score (nSPS) is 17.7. The second-order valence-corrected chi connectivity index (χ2v) is 14.3. The monoisotopic (exact) mass is 767 g/mol. The zero-order valence-corrected chi connectivity index (χ0v) is 30.6. The van der Waals surface area contributed by atoms with Crippen LogP contribution in [0, 0.1) is 6.92 Å². The molecule has 1 aromatic carbocycles. The van der Waals surface area contributed by atoms with Crippen LogP contribution in [0.2, 0.25) is 0 Å². The van der Waals surface area contributed by atoms with Crippen molar-refractivity contribution < 1.29 is 46.2 Å². The van der Waals surface area contributed by atoms with Crippen molar-refractivity contribution in [3.8, 4) is 17.3 Å². The lowest BCUT2D eigenvalue weighted by molar-refractivity contribution is -0.131. The number of nitrogens with one attached hydrogen (secondary N) is 2. The number of aromatic nitrogens is 4. The molecule has 2 aliphatic rings. The summed E-state index contributed by atoms with van der Waals surface area (Å²) in [5.41, 5.74) is 7.97. The molecule has 4 heterocycles. The quantitative estimate of drug-likeness (QED) is 0.113. The second kappa shape index (κ2) is 15.5. The molecule has 1 atom stereocenters. The zero-order chi connectivity index (χ0) is 39.7. The van der Waals surface area contributed by atoms with Crippen molar-refractivity contribution in [3.05, 3.63) is 83.1 Å². The summed E-state index contributed by atoms with van der Waals surface area (Å²) < 4.78 is 73.0. The number of allylic oxidation sites excluding steroid dienone is 2. The highest BCUT2D eigenvalue weighted by atomic mass is 19.3. The molecule has 1 aliphatic carbocycles. The highest BCUT2D eigenvalue weighted by Crippen LogP contribution is 2.38. The predicted octanol–water partition coefficient (Wildman–Crippen LogP) is 6.60. The number of aryl methyl sites for hydroxylation is 1. The fourth-order valence-corrected chi connectivity index (χ4v) is 6.43. The van der Waals surface area contributed by atoms with E-state index in [0.717, 1.165) is 6.08 Å². The van der Waals surface area contributed by atoms with Crippen LogP contribution in [0.3, 0.4) is 0 Å². The number of hydrogen-bond acceptors (Lipinski definition) is 9. The van der Waals surface area contributed by atoms with Crippen LogP contribution in [-0.4, -0.2) is 86.6 Å². The lowest BCUT2D eigenvalue weighted by Crippen LogP contribution is -2.44. The van der Waals surface area contributed by atoms with Crippen LogP contribution in [0.4, 0.5) is 28.2 Å². The Morgan fingerprint density at radius 3 is 2.55 bits per heavy atom. The van der Waals surface area contributed by atoms with Crippen LogP contribution >= 0.6 is 0 Å². The first-order valence-electron chi connectivity index (χ1n) is 17.6. The third-order valence-electron chi connectivity index (χ3n) is 9.15. The van der Waals surface area contributed by atoms with Gasteiger partial charge in [0, 0.05) is 36.5 Å². The van der Waals surface area contributed by atoms with Gasteiger partial charge >= 0.3 is 11.9 Å². The third kappa shape index (κ3) is 8.76. The van der Waals surface area contributed by atoms with E-state index in [4.69, 9.17) is 19.9 Å². The molecule has 2 amide bonds. The van der Waals surface area contributed by atoms with Crippen LogP contribution in [-0.2, 0) is 9.53 Å². The molecule has 0 radical (unpaired) electrons. The van der Waals surface area contributed by atoms with Crippen LogP contribution in [0.5, 0.6) is 11.6 Å². The number of ketones is 1. The van der Waals surface area contributed by atoms with Gasteiger partial charge in [0.1, 0.15) is 30.3 Å². The van der Waals surface area contributed by atoms with Gasteiger partial charge in [-0.2, -0.15) is 9.49 Å². The number of amides is 2. The molecule has 1 aliphatic heterocycles. The van der Waals surface area contributed by atoms with Crippen LogP contribution < -0.4 is 20.5 Å². The number of likely N-dealkylation sites (tertiary alicyclic amines) is 1. The third-order valence-corrected chi connectivity index (χ3v) is 9.15. The van der Waals surface area contributed by atoms with Crippen LogP contribution in [0.25, 0.3) is 16.6 Å². The number of benzene rings is 1. The maximum absolute atomic E-state index is 15.0. The minimum absolute atomic E-state index is 0.0140. The van der Waals surface area contributed by atoms with Gasteiger partial charge in [0.2, 0.25) is 17.6 Å². The Hall–Kier alpha value is -5.87. The number of pyridine rings is 1. The van der Waals surface area contributed by atoms with Crippen molar-refractivity contribution in [2.45, 2.75) is 70.8 Å². The number of alkyl halides is 3. The molecule has 1 saturated heterocycles. The first-order valence-corrected chi connectivity index (χ1v) is 17.6. The summed E-state index contributed by atoms with van der Waals surface area (Å²) in [6, 6.07) is 6.32. The van der Waals surface area contributed by atoms with Gasteiger partial charge in [0.15, 0.2) is 5.83 Å². The van der Waals surface area contributed by atoms with Crippen molar-refractivity contribution in [1.82, 2.24) is 30.0 Å². The maximum atomic E-state index is 15.0. The van der Waals surface area contributed by atoms with Gasteiger partial charge in [-0.1, -0.05) is 12.2 Å². The number of fused-ring (bicyclic) bond motifs is 1. The number of halogens is 4. The van der Waals surface area contributed by atoms with Gasteiger partial charge in [-0.25, -0.2) is 27.6 Å². The van der Waals surface area contributed by atoms with Gasteiger partial charge in [0.05, 0.1) is 29.3 Å². The molecule has 4 N–H and O–H groups in total. The lowest BCUT2D eigenvalue weighted by atomic mass is 9.88. The number of hydrogen-bond donors (Lipinski definition) is 3. The first kappa shape index (κ1) is 38.8. The maximum Gasteiger partial charge on any atom is 0.408 e. The van der Waals surface area contributed by atoms with Gasteiger partial charge in [0.25, 0.3) is 6.43 Å². The van der Waals surface area contributed by atoms with E-state index in [9.17, 15) is 27.6 Å². The molecule has 0 saturated carbocycles. The van der Waals surface area contributed by atoms with Gasteiger partial charge in [-0.15, -0.1) is 0 Å². The Morgan fingerprint density at radius 1 is 1.13 bits per heavy atom. The average molecular weight is 768 g/mol. The fraction of sp³-hybridized carbons (Fsp3) is 0.395. The summed E-state index contributed by atoms with van der Waals surface area (Å²) in [5, 5.41) is 7.28. The van der Waals surface area contributed by atoms with E-state index in [1.165, 1.54) is 35.3 Å². The minimum Gasteiger partial charge on any atom is -0.487 e. The number of nitrogens with two attached hydrogens (primary N) is 1. The van der Waals surface area contributed by atoms with Crippen molar-refractivity contribution in [1.29, 1.82) is 0 Å². The topological polar surface area (TPSA) is 167 Å². The number of anilines is 1. The molecule has 0 spiro atoms. The van der Waals surface area contributed by atoms with E-state index in [-0.39, 0.29) is 53.5 Å². The number of ether oxygens (including phenoxy) is 3. The van der Waals surface area contributed by atoms with E-state index < -0.39 is 42.2 Å². The molecule has 0 bridgehead atoms. The molecular weight excluding hydrogens is 726 g/mol. The number of carbonyl (C=O) groups excluding carboxylic acids is 3. The van der Waals surface area contributed by atoms with Crippen LogP contribution in [0.15, 0.2) is 60.7 Å². The number of nitrogens with zero attached hydrogens (tertiary/aromatic N) is 4. The predicted molar refractivity (Wildman–Crippen MR) is 194 cm³/mol. The fourth-order valence-electron chi connectivity index (χ4n) is 6.43. The van der Waals surface area contributed by atoms with Crippen molar-refractivity contribution >= 4 is 34.5 Å². The Bertz CT molecular complexity index is 2170. The van der Waals surface area contributed by atoms with Crippen molar-refractivity contribution in [2.75, 3.05) is 32.0 Å². The molecule has 4 aromatic rings. The number of alkyl carbamates (subject to hydrolysis) is 1. The van der Waals surface area contributed by atoms with E-state index in [1.54, 1.807) is 50.8 Å². The van der Waals surface area contributed by atoms with E-state index >= 15 is 4.39 Å². The van der Waals surface area contributed by atoms with Crippen molar-refractivity contribution in [2.24, 2.45) is 0 Å². The molecule has 17 heteroatoms. The number of rotatable bonds is 11. The Labute approximate surface area is 313 Å². The largest absolute Gasteiger partial charge is 0.487 e. The van der Waals surface area contributed by atoms with Crippen LogP contribution in [0.1, 0.15) is 73.1 Å². The van der Waals surface area contributed by atoms with E-state index in [2.05, 4.69) is 20.4 Å². The number of piperidine rings is 1. The number of H-pyrrole nitrogens is 1. The molecular formula is C38H41F4N7O6. The summed E-state index contributed by atoms with van der Waals surface area (Å²) in [4.78, 5) is 47.4. The summed E-state index contributed by atoms with van der Waals surface area (Å²) >= 11 is 0. The molecule has 6 rings (SSSR count). The zero-order valence-electron chi connectivity index (χ0n) is 30.6. The average Bonchev–Trinajstić information content (AvgIpc) is 3.72. The molecule has 55 heavy (non-hydrogen) atoms. The molecule has 3 aromatic heterocycles. The lowest BCUT2D eigenvalue weighted by Gasteiger charge is -2.33. The first-order chi connectivity index (χ1) is 26.0. The minimum atomic E-state index is -2.72. The van der Waals surface area contributed by atoms with E-state index in [1.807, 2.05) is 0 Å². The van der Waals surface area contributed by atoms with Gasteiger partial charge in [-0.05, 0) is 81.9 Å². The van der Waals surface area contributed by atoms with Gasteiger partial charge in [-0.3, -0.25) is 9.59 Å². The number of aromatic amines is 1. The second-order valence-electron chi connectivity index (χ2n) is 14.3. The van der Waals surface area contributed by atoms with Gasteiger partial charge < -0.3 is 35.1 Å². The molecule has 1 fully saturated rings. The number of carbonyl (C=O) groups is 3. The summed E-state index contributed by atoms with van der Waals surface area (Å²) in [6.45, 7) is 6.48. The smallest absolute Gasteiger partial charge is 0.408 e. The Kier molecular flexibility index (Phi) is 10.9. The van der Waals surface area contributed by atoms with Crippen molar-refractivity contribution in [3.63, 3.8) is 0 Å². The number of nitrogen functional groups attached to an aromatic ring is 1. The van der Waals surface area contributed by atoms with E-state index in [0.29, 0.717) is 53.6 Å². The summed E-state index contributed by atoms with van der Waals surface area (Å²) in [6.07, 6.45) is 3.67. The highest BCUT2D eigenvalue weighted by Gasteiger charge is 2.38. The molecule has 292 valence electrons. The molecule has 1 unspecified atom stereocenters. The SMILES string of the molecule is Cc1cc(OC2(F)CC=CC=C2F)ncc1-n1ncc(C(=O)c2cc3cc(OCC(F)F)c(C4CCN(C(=O)CNC(=O)OC(C)(C)C)CC4)cc3[nH]2)c1N. The summed E-state index contributed by atoms with van der Waals surface area (Å²) in [7, 11) is 0. The highest BCUT2D eigenvalue weighted by molar-refractivity contribution is 6.12. The summed E-state index contributed by atoms with van der Waals surface area (Å²) in [5.74, 6) is -4.64. The molecule has 13 nitrogen and oxygen atoms in total. The standard InChI is InChI=1S/C38H41F4N7O6/c1-21-13-32(54-38(42)10-6-5-7-30(38)39)44-18-28(21)49-35(43)25(17-46-49)34(51)27-14-23-15-29(53-20-31(40)41)24(16-26(23)47-27)22-8-11-48(12-9-22)33(50)19-45-36(52)55-37(2,3)4/h5-7,13-18,22,31,47H,8-12,19-20,43H2,1-4H3,(H,45,52). The Morgan fingerprint density at radius 2 is 1.87 bits per heavy atom.